The van der Waals surface area contributed by atoms with Crippen LogP contribution in [-0.4, -0.2) is 42.6 Å². The fourth-order valence-corrected chi connectivity index (χ4v) is 4.47. The monoisotopic (exact) mass is 441 g/mol. The molecule has 0 bridgehead atoms. The number of fused-ring (bicyclic) bond motifs is 1. The summed E-state index contributed by atoms with van der Waals surface area (Å²) >= 11 is 0. The van der Waals surface area contributed by atoms with Gasteiger partial charge in [0.05, 0.1) is 40.5 Å². The summed E-state index contributed by atoms with van der Waals surface area (Å²) in [4.78, 5) is 13.6. The van der Waals surface area contributed by atoms with E-state index in [9.17, 15) is 18.3 Å². The Morgan fingerprint density at radius 1 is 1.12 bits per heavy atom. The van der Waals surface area contributed by atoms with E-state index in [2.05, 4.69) is 15.0 Å². The zero-order valence-corrected chi connectivity index (χ0v) is 17.1. The number of piperidine rings is 1. The highest BCUT2D eigenvalue weighted by Gasteiger charge is 2.36. The van der Waals surface area contributed by atoms with E-state index >= 15 is 0 Å². The first-order valence-corrected chi connectivity index (χ1v) is 10.5. The van der Waals surface area contributed by atoms with E-state index < -0.39 is 18.0 Å². The van der Waals surface area contributed by atoms with Gasteiger partial charge >= 0.3 is 6.18 Å². The summed E-state index contributed by atoms with van der Waals surface area (Å²) in [6, 6.07) is 9.53. The Hall–Kier alpha value is -3.17. The molecule has 3 aromatic heterocycles. The van der Waals surface area contributed by atoms with Gasteiger partial charge in [0.15, 0.2) is 0 Å². The number of aromatic amines is 1. The van der Waals surface area contributed by atoms with Crippen molar-refractivity contribution in [2.75, 3.05) is 13.1 Å². The number of hydrogen-bond donors (Lipinski definition) is 2. The minimum Gasteiger partial charge on any atom is -0.373 e. The topological polar surface area (TPSA) is 70.0 Å². The molecule has 0 radical (unpaired) electrons. The molecule has 1 aromatic carbocycles. The number of hydrogen-bond acceptors (Lipinski definition) is 4. The summed E-state index contributed by atoms with van der Waals surface area (Å²) < 4.78 is 42.0. The lowest BCUT2D eigenvalue weighted by Gasteiger charge is -2.35. The first-order chi connectivity index (χ1) is 15.4. The fourth-order valence-electron chi connectivity index (χ4n) is 4.47. The summed E-state index contributed by atoms with van der Waals surface area (Å²) in [6.45, 7) is 1.00. The molecular formula is C23H22F3N5O. The van der Waals surface area contributed by atoms with Gasteiger partial charge in [-0.25, -0.2) is 4.98 Å². The summed E-state index contributed by atoms with van der Waals surface area (Å²) in [5.74, 6) is -0.182. The zero-order valence-electron chi connectivity index (χ0n) is 17.1. The number of pyridine rings is 1. The van der Waals surface area contributed by atoms with Crippen molar-refractivity contribution in [2.45, 2.75) is 31.2 Å². The minimum atomic E-state index is -4.36. The van der Waals surface area contributed by atoms with Gasteiger partial charge in [0, 0.05) is 25.5 Å². The van der Waals surface area contributed by atoms with Gasteiger partial charge in [-0.15, -0.1) is 0 Å². The number of H-pyrrole nitrogens is 1. The smallest absolute Gasteiger partial charge is 0.373 e. The molecule has 1 atom stereocenters. The Labute approximate surface area is 182 Å². The number of imidazole rings is 1. The molecule has 1 aliphatic rings. The predicted octanol–water partition coefficient (Wildman–Crippen LogP) is 4.64. The lowest BCUT2D eigenvalue weighted by molar-refractivity contribution is -0.138. The van der Waals surface area contributed by atoms with Crippen LogP contribution < -0.4 is 0 Å². The number of halogens is 3. The second-order valence-corrected chi connectivity index (χ2v) is 8.09. The van der Waals surface area contributed by atoms with Crippen molar-refractivity contribution in [2.24, 2.45) is 0 Å². The highest BCUT2D eigenvalue weighted by molar-refractivity contribution is 5.78. The molecule has 1 aliphatic heterocycles. The number of benzene rings is 1. The van der Waals surface area contributed by atoms with E-state index in [1.165, 1.54) is 6.07 Å². The first kappa shape index (κ1) is 20.7. The lowest BCUT2D eigenvalue weighted by Crippen LogP contribution is -2.36. The molecule has 1 fully saturated rings. The van der Waals surface area contributed by atoms with Gasteiger partial charge in [-0.05, 0) is 42.5 Å². The molecule has 6 nitrogen and oxygen atoms in total. The molecule has 4 aromatic rings. The van der Waals surface area contributed by atoms with Crippen molar-refractivity contribution in [3.8, 4) is 5.69 Å². The number of nitrogens with zero attached hydrogens (tertiary/aromatic N) is 4. The van der Waals surface area contributed by atoms with Crippen molar-refractivity contribution in [3.63, 3.8) is 0 Å². The van der Waals surface area contributed by atoms with E-state index in [1.54, 1.807) is 30.9 Å². The lowest BCUT2D eigenvalue weighted by atomic mass is 9.86. The Morgan fingerprint density at radius 3 is 2.62 bits per heavy atom. The van der Waals surface area contributed by atoms with Gasteiger partial charge < -0.3 is 14.7 Å². The van der Waals surface area contributed by atoms with Crippen LogP contribution >= 0.6 is 0 Å². The summed E-state index contributed by atoms with van der Waals surface area (Å²) in [5.41, 5.74) is 2.77. The van der Waals surface area contributed by atoms with Gasteiger partial charge in [0.25, 0.3) is 0 Å². The second kappa shape index (κ2) is 8.07. The fraction of sp³-hybridized carbons (Fsp3) is 0.304. The molecule has 5 rings (SSSR count). The number of aromatic nitrogens is 4. The third-order valence-electron chi connectivity index (χ3n) is 6.14. The third kappa shape index (κ3) is 3.89. The van der Waals surface area contributed by atoms with Crippen molar-refractivity contribution in [3.05, 3.63) is 78.1 Å². The van der Waals surface area contributed by atoms with Crippen molar-refractivity contribution in [1.82, 2.24) is 24.4 Å². The minimum absolute atomic E-state index is 0.182. The van der Waals surface area contributed by atoms with Crippen LogP contribution in [0.3, 0.4) is 0 Å². The molecule has 2 N–H and O–H groups in total. The zero-order chi connectivity index (χ0) is 22.3. The van der Waals surface area contributed by atoms with Gasteiger partial charge in [-0.2, -0.15) is 13.2 Å². The van der Waals surface area contributed by atoms with Crippen LogP contribution in [0.2, 0.25) is 0 Å². The summed E-state index contributed by atoms with van der Waals surface area (Å²) in [6.07, 6.45) is 2.79. The highest BCUT2D eigenvalue weighted by atomic mass is 19.4. The number of likely N-dealkylation sites (tertiary alicyclic amines) is 1. The predicted molar refractivity (Wildman–Crippen MR) is 113 cm³/mol. The Balaban J connectivity index is 1.31. The van der Waals surface area contributed by atoms with E-state index in [1.807, 2.05) is 27.8 Å². The maximum Gasteiger partial charge on any atom is 0.416 e. The van der Waals surface area contributed by atoms with Gasteiger partial charge in [-0.1, -0.05) is 18.2 Å². The van der Waals surface area contributed by atoms with Crippen LogP contribution in [0.15, 0.2) is 61.3 Å². The van der Waals surface area contributed by atoms with E-state index in [0.717, 1.165) is 22.8 Å². The molecule has 166 valence electrons. The first-order valence-electron chi connectivity index (χ1n) is 10.5. The molecule has 1 unspecified atom stereocenters. The van der Waals surface area contributed by atoms with Crippen molar-refractivity contribution < 1.29 is 18.3 Å². The number of aliphatic hydroxyl groups excluding tert-OH is 1. The summed E-state index contributed by atoms with van der Waals surface area (Å²) in [7, 11) is 0. The molecule has 0 saturated carbocycles. The molecule has 0 amide bonds. The third-order valence-corrected chi connectivity index (χ3v) is 6.14. The largest absolute Gasteiger partial charge is 0.416 e. The van der Waals surface area contributed by atoms with E-state index in [-0.39, 0.29) is 5.92 Å². The molecule has 1 saturated heterocycles. The van der Waals surface area contributed by atoms with Crippen LogP contribution in [0.1, 0.15) is 41.8 Å². The van der Waals surface area contributed by atoms with Crippen LogP contribution in [0, 0.1) is 0 Å². The Kier molecular flexibility index (Phi) is 5.22. The van der Waals surface area contributed by atoms with Gasteiger partial charge in [-0.3, -0.25) is 9.88 Å². The molecule has 4 heterocycles. The van der Waals surface area contributed by atoms with Crippen molar-refractivity contribution >= 4 is 11.0 Å². The number of nitrogens with one attached hydrogen (secondary N) is 1. The molecule has 9 heteroatoms. The average molecular weight is 441 g/mol. The maximum absolute atomic E-state index is 13.4. The van der Waals surface area contributed by atoms with Crippen LogP contribution in [-0.2, 0) is 6.18 Å². The molecule has 0 spiro atoms. The van der Waals surface area contributed by atoms with Crippen molar-refractivity contribution in [1.29, 1.82) is 0 Å². The van der Waals surface area contributed by atoms with Gasteiger partial charge in [0.1, 0.15) is 6.23 Å². The average Bonchev–Trinajstić information content (AvgIpc) is 3.48. The molecular weight excluding hydrogens is 419 g/mol. The Bertz CT molecular complexity index is 1210. The second-order valence-electron chi connectivity index (χ2n) is 8.09. The number of alkyl halides is 3. The SMILES string of the molecule is OC(c1cc2ncc(-n3ccnc3)cc2[nH]1)N1CCC(c2ccccc2C(F)(F)F)CC1. The quantitative estimate of drug-likeness (QED) is 0.484. The van der Waals surface area contributed by atoms with Crippen LogP contribution in [0.5, 0.6) is 0 Å². The standard InChI is InChI=1S/C23H22F3N5O/c24-23(25,26)18-4-2-1-3-17(18)15-5-8-30(9-6-15)22(32)21-12-19-20(29-21)11-16(13-28-19)31-10-7-27-14-31/h1-4,7,10-15,22,29,32H,5-6,8-9H2. The van der Waals surface area contributed by atoms with Crippen LogP contribution in [0.25, 0.3) is 16.7 Å². The van der Waals surface area contributed by atoms with Crippen LogP contribution in [0.4, 0.5) is 13.2 Å². The molecule has 32 heavy (non-hydrogen) atoms. The normalized spacial score (nSPS) is 17.1. The van der Waals surface area contributed by atoms with E-state index in [4.69, 9.17) is 0 Å². The highest BCUT2D eigenvalue weighted by Crippen LogP contribution is 2.39. The summed E-state index contributed by atoms with van der Waals surface area (Å²) in [5, 5.41) is 10.9. The number of aliphatic hydroxyl groups is 1. The van der Waals surface area contributed by atoms with Gasteiger partial charge in [0.2, 0.25) is 0 Å². The molecule has 0 aliphatic carbocycles. The number of rotatable bonds is 4. The van der Waals surface area contributed by atoms with E-state index in [0.29, 0.717) is 37.2 Å². The maximum atomic E-state index is 13.4. The Morgan fingerprint density at radius 2 is 1.91 bits per heavy atom.